The molecule has 3 heteroatoms. The van der Waals surface area contributed by atoms with E-state index in [1.807, 2.05) is 24.3 Å². The van der Waals surface area contributed by atoms with Gasteiger partial charge in [-0.25, -0.2) is 0 Å². The molecule has 0 spiro atoms. The van der Waals surface area contributed by atoms with Gasteiger partial charge in [-0.05, 0) is 38.2 Å². The monoisotopic (exact) mass is 273 g/mol. The van der Waals surface area contributed by atoms with Crippen LogP contribution in [0.5, 0.6) is 0 Å². The standard InChI is InChI=1S/C17H23NO2/c1-18(2)12-13-19-16-8-10-17(11-9-16)20-14-15-6-4-3-5-7-15/h3-8,10-11,16H,9,12-14H2,1-2H3. The normalized spacial score (nSPS) is 18.1. The zero-order chi connectivity index (χ0) is 14.2. The highest BCUT2D eigenvalue weighted by molar-refractivity contribution is 5.20. The maximum Gasteiger partial charge on any atom is 0.115 e. The lowest BCUT2D eigenvalue weighted by Crippen LogP contribution is -2.22. The van der Waals surface area contributed by atoms with Crippen LogP contribution in [0.1, 0.15) is 12.0 Å². The molecule has 0 aliphatic heterocycles. The third-order valence-corrected chi connectivity index (χ3v) is 3.15. The number of benzene rings is 1. The van der Waals surface area contributed by atoms with Crippen LogP contribution in [0, 0.1) is 0 Å². The SMILES string of the molecule is CN(C)CCOC1C=CC(OCc2ccccc2)=CC1. The fourth-order valence-corrected chi connectivity index (χ4v) is 1.94. The molecular formula is C17H23NO2. The van der Waals surface area contributed by atoms with Crippen LogP contribution in [0.3, 0.4) is 0 Å². The average molecular weight is 273 g/mol. The van der Waals surface area contributed by atoms with Gasteiger partial charge in [0.25, 0.3) is 0 Å². The van der Waals surface area contributed by atoms with Gasteiger partial charge in [0.1, 0.15) is 12.4 Å². The molecule has 1 atom stereocenters. The van der Waals surface area contributed by atoms with Gasteiger partial charge in [0.2, 0.25) is 0 Å². The minimum Gasteiger partial charge on any atom is -0.489 e. The molecule has 2 rings (SSSR count). The number of hydrogen-bond acceptors (Lipinski definition) is 3. The van der Waals surface area contributed by atoms with E-state index in [0.717, 1.165) is 25.3 Å². The molecule has 0 saturated heterocycles. The van der Waals surface area contributed by atoms with Crippen LogP contribution in [0.15, 0.2) is 54.3 Å². The van der Waals surface area contributed by atoms with Gasteiger partial charge in [-0.15, -0.1) is 0 Å². The van der Waals surface area contributed by atoms with Crippen LogP contribution in [0.4, 0.5) is 0 Å². The van der Waals surface area contributed by atoms with Crippen molar-refractivity contribution in [3.8, 4) is 0 Å². The van der Waals surface area contributed by atoms with Crippen LogP contribution in [0.25, 0.3) is 0 Å². The molecule has 108 valence electrons. The lowest BCUT2D eigenvalue weighted by molar-refractivity contribution is 0.0724. The zero-order valence-electron chi connectivity index (χ0n) is 12.3. The Balaban J connectivity index is 1.69. The molecule has 20 heavy (non-hydrogen) atoms. The van der Waals surface area contributed by atoms with Crippen molar-refractivity contribution in [2.24, 2.45) is 0 Å². The average Bonchev–Trinajstić information content (AvgIpc) is 2.47. The van der Waals surface area contributed by atoms with E-state index in [1.54, 1.807) is 0 Å². The summed E-state index contributed by atoms with van der Waals surface area (Å²) in [6.07, 6.45) is 7.25. The zero-order valence-corrected chi connectivity index (χ0v) is 12.3. The van der Waals surface area contributed by atoms with Crippen LogP contribution >= 0.6 is 0 Å². The molecule has 0 aromatic heterocycles. The van der Waals surface area contributed by atoms with Crippen LogP contribution in [-0.2, 0) is 16.1 Å². The number of rotatable bonds is 7. The van der Waals surface area contributed by atoms with Gasteiger partial charge in [-0.1, -0.05) is 36.4 Å². The van der Waals surface area contributed by atoms with Crippen LogP contribution in [-0.4, -0.2) is 38.3 Å². The highest BCUT2D eigenvalue weighted by Gasteiger charge is 2.09. The molecule has 1 aromatic carbocycles. The topological polar surface area (TPSA) is 21.7 Å². The van der Waals surface area contributed by atoms with Gasteiger partial charge >= 0.3 is 0 Å². The minimum absolute atomic E-state index is 0.180. The first-order chi connectivity index (χ1) is 9.74. The van der Waals surface area contributed by atoms with Gasteiger partial charge in [-0.3, -0.25) is 0 Å². The van der Waals surface area contributed by atoms with E-state index >= 15 is 0 Å². The quantitative estimate of drug-likeness (QED) is 0.762. The minimum atomic E-state index is 0.180. The van der Waals surface area contributed by atoms with Crippen molar-refractivity contribution in [1.82, 2.24) is 4.90 Å². The molecule has 0 saturated carbocycles. The largest absolute Gasteiger partial charge is 0.489 e. The lowest BCUT2D eigenvalue weighted by atomic mass is 10.1. The Labute approximate surface area is 121 Å². The summed E-state index contributed by atoms with van der Waals surface area (Å²) in [6.45, 7) is 2.32. The number of ether oxygens (including phenoxy) is 2. The van der Waals surface area contributed by atoms with E-state index < -0.39 is 0 Å². The van der Waals surface area contributed by atoms with E-state index in [4.69, 9.17) is 9.47 Å². The number of hydrogen-bond donors (Lipinski definition) is 0. The third-order valence-electron chi connectivity index (χ3n) is 3.15. The molecule has 1 aliphatic carbocycles. The Morgan fingerprint density at radius 2 is 2.00 bits per heavy atom. The van der Waals surface area contributed by atoms with E-state index in [9.17, 15) is 0 Å². The van der Waals surface area contributed by atoms with E-state index in [2.05, 4.69) is 43.3 Å². The van der Waals surface area contributed by atoms with Gasteiger partial charge in [-0.2, -0.15) is 0 Å². The molecular weight excluding hydrogens is 250 g/mol. The summed E-state index contributed by atoms with van der Waals surface area (Å²) in [4.78, 5) is 2.12. The summed E-state index contributed by atoms with van der Waals surface area (Å²) in [6, 6.07) is 10.2. The maximum atomic E-state index is 5.78. The predicted molar refractivity (Wildman–Crippen MR) is 81.4 cm³/mol. The van der Waals surface area contributed by atoms with E-state index in [0.29, 0.717) is 6.61 Å². The van der Waals surface area contributed by atoms with E-state index in [-0.39, 0.29) is 6.10 Å². The van der Waals surface area contributed by atoms with Crippen LogP contribution < -0.4 is 0 Å². The number of likely N-dealkylation sites (N-methyl/N-ethyl adjacent to an activating group) is 1. The maximum absolute atomic E-state index is 5.78. The fraction of sp³-hybridized carbons (Fsp3) is 0.412. The van der Waals surface area contributed by atoms with Crippen molar-refractivity contribution in [1.29, 1.82) is 0 Å². The molecule has 0 amide bonds. The Morgan fingerprint density at radius 1 is 1.20 bits per heavy atom. The van der Waals surface area contributed by atoms with E-state index in [1.165, 1.54) is 5.56 Å². The third kappa shape index (κ3) is 5.19. The fourth-order valence-electron chi connectivity index (χ4n) is 1.94. The van der Waals surface area contributed by atoms with Crippen molar-refractivity contribution in [2.75, 3.05) is 27.2 Å². The van der Waals surface area contributed by atoms with Gasteiger partial charge in [0, 0.05) is 6.54 Å². The Hall–Kier alpha value is -1.58. The summed E-state index contributed by atoms with van der Waals surface area (Å²) < 4.78 is 11.5. The van der Waals surface area contributed by atoms with Gasteiger partial charge in [0.15, 0.2) is 0 Å². The number of nitrogens with zero attached hydrogens (tertiary/aromatic N) is 1. The van der Waals surface area contributed by atoms with Crippen molar-refractivity contribution in [3.63, 3.8) is 0 Å². The molecule has 1 aromatic rings. The molecule has 1 unspecified atom stereocenters. The first-order valence-corrected chi connectivity index (χ1v) is 7.05. The molecule has 3 nitrogen and oxygen atoms in total. The molecule has 1 aliphatic rings. The number of allylic oxidation sites excluding steroid dienone is 1. The summed E-state index contributed by atoms with van der Waals surface area (Å²) in [7, 11) is 4.10. The van der Waals surface area contributed by atoms with Crippen molar-refractivity contribution < 1.29 is 9.47 Å². The van der Waals surface area contributed by atoms with Crippen LogP contribution in [0.2, 0.25) is 0 Å². The second-order valence-electron chi connectivity index (χ2n) is 5.19. The van der Waals surface area contributed by atoms with Crippen molar-refractivity contribution in [2.45, 2.75) is 19.1 Å². The second-order valence-corrected chi connectivity index (χ2v) is 5.19. The highest BCUT2D eigenvalue weighted by atomic mass is 16.5. The summed E-state index contributed by atoms with van der Waals surface area (Å²) in [5, 5.41) is 0. The predicted octanol–water partition coefficient (Wildman–Crippen LogP) is 2.99. The molecule has 0 heterocycles. The van der Waals surface area contributed by atoms with Crippen molar-refractivity contribution in [3.05, 3.63) is 59.9 Å². The molecule has 0 bridgehead atoms. The summed E-state index contributed by atoms with van der Waals surface area (Å²) >= 11 is 0. The summed E-state index contributed by atoms with van der Waals surface area (Å²) in [5.41, 5.74) is 1.19. The smallest absolute Gasteiger partial charge is 0.115 e. The molecule has 0 N–H and O–H groups in total. The Bertz CT molecular complexity index is 451. The summed E-state index contributed by atoms with van der Waals surface area (Å²) in [5.74, 6) is 0.932. The molecule has 0 radical (unpaired) electrons. The Morgan fingerprint density at radius 3 is 2.65 bits per heavy atom. The Kier molecular flexibility index (Phi) is 5.84. The highest BCUT2D eigenvalue weighted by Crippen LogP contribution is 2.16. The second kappa shape index (κ2) is 7.88. The van der Waals surface area contributed by atoms with Gasteiger partial charge < -0.3 is 14.4 Å². The van der Waals surface area contributed by atoms with Crippen molar-refractivity contribution >= 4 is 0 Å². The first-order valence-electron chi connectivity index (χ1n) is 7.05. The molecule has 0 fully saturated rings. The van der Waals surface area contributed by atoms with Gasteiger partial charge in [0.05, 0.1) is 12.7 Å². The first kappa shape index (κ1) is 14.8. The lowest BCUT2D eigenvalue weighted by Gasteiger charge is -2.18.